The van der Waals surface area contributed by atoms with Crippen LogP contribution in [0.2, 0.25) is 0 Å². The molecule has 0 amide bonds. The first-order valence-corrected chi connectivity index (χ1v) is 4.83. The van der Waals surface area contributed by atoms with Crippen molar-refractivity contribution in [3.05, 3.63) is 26.6 Å². The Balaban J connectivity index is 3.34. The molecule has 1 rings (SSSR count). The monoisotopic (exact) mass is 337 g/mol. The van der Waals surface area contributed by atoms with Crippen molar-refractivity contribution in [2.75, 3.05) is 0 Å². The highest BCUT2D eigenvalue weighted by atomic mass is 127. The summed E-state index contributed by atoms with van der Waals surface area (Å²) >= 11 is 1.40. The standard InChI is InChI=1S/C8H5F5IN/c1-3-5(14)4(8(11,12)13)2-15-6(3)7(9)10/h2,7H,1H3. The minimum Gasteiger partial charge on any atom is -0.254 e. The predicted molar refractivity (Wildman–Crippen MR) is 51.7 cm³/mol. The van der Waals surface area contributed by atoms with E-state index in [-0.39, 0.29) is 9.13 Å². The molecule has 0 saturated carbocycles. The van der Waals surface area contributed by atoms with Crippen LogP contribution in [-0.2, 0) is 6.18 Å². The third kappa shape index (κ3) is 2.56. The van der Waals surface area contributed by atoms with Crippen LogP contribution in [0.3, 0.4) is 0 Å². The van der Waals surface area contributed by atoms with Crippen molar-refractivity contribution >= 4 is 22.6 Å². The third-order valence-electron chi connectivity index (χ3n) is 1.79. The smallest absolute Gasteiger partial charge is 0.254 e. The summed E-state index contributed by atoms with van der Waals surface area (Å²) in [6, 6.07) is 0. The Kier molecular flexibility index (Phi) is 3.51. The molecule has 15 heavy (non-hydrogen) atoms. The molecule has 1 aromatic rings. The highest BCUT2D eigenvalue weighted by molar-refractivity contribution is 14.1. The van der Waals surface area contributed by atoms with Crippen LogP contribution in [0.5, 0.6) is 0 Å². The van der Waals surface area contributed by atoms with Crippen LogP contribution in [0, 0.1) is 10.5 Å². The van der Waals surface area contributed by atoms with E-state index in [1.807, 2.05) is 0 Å². The Morgan fingerprint density at radius 2 is 1.87 bits per heavy atom. The summed E-state index contributed by atoms with van der Waals surface area (Å²) in [6.45, 7) is 1.20. The quantitative estimate of drug-likeness (QED) is 0.559. The van der Waals surface area contributed by atoms with E-state index in [1.54, 1.807) is 0 Å². The van der Waals surface area contributed by atoms with Crippen molar-refractivity contribution in [2.24, 2.45) is 0 Å². The van der Waals surface area contributed by atoms with Gasteiger partial charge in [0.1, 0.15) is 5.69 Å². The van der Waals surface area contributed by atoms with E-state index in [9.17, 15) is 22.0 Å². The van der Waals surface area contributed by atoms with Gasteiger partial charge in [-0.05, 0) is 35.1 Å². The molecule has 0 unspecified atom stereocenters. The van der Waals surface area contributed by atoms with E-state index in [4.69, 9.17) is 0 Å². The Hall–Kier alpha value is -0.470. The number of hydrogen-bond donors (Lipinski definition) is 0. The first-order valence-electron chi connectivity index (χ1n) is 3.75. The number of rotatable bonds is 1. The molecule has 0 aliphatic rings. The zero-order valence-corrected chi connectivity index (χ0v) is 9.53. The maximum atomic E-state index is 12.3. The van der Waals surface area contributed by atoms with E-state index in [2.05, 4.69) is 4.98 Å². The van der Waals surface area contributed by atoms with Crippen LogP contribution >= 0.6 is 22.6 Å². The molecular formula is C8H5F5IN. The van der Waals surface area contributed by atoms with Gasteiger partial charge in [-0.2, -0.15) is 13.2 Å². The highest BCUT2D eigenvalue weighted by Crippen LogP contribution is 2.35. The molecule has 1 aromatic heterocycles. The molecule has 1 nitrogen and oxygen atoms in total. The zero-order chi connectivity index (χ0) is 11.8. The fraction of sp³-hybridized carbons (Fsp3) is 0.375. The van der Waals surface area contributed by atoms with Gasteiger partial charge in [0.15, 0.2) is 0 Å². The van der Waals surface area contributed by atoms with Crippen LogP contribution in [-0.4, -0.2) is 4.98 Å². The lowest BCUT2D eigenvalue weighted by Crippen LogP contribution is -2.11. The van der Waals surface area contributed by atoms with Gasteiger partial charge < -0.3 is 0 Å². The molecule has 0 spiro atoms. The Morgan fingerprint density at radius 1 is 1.33 bits per heavy atom. The SMILES string of the molecule is Cc1c(C(F)F)ncc(C(F)(F)F)c1I. The van der Waals surface area contributed by atoms with Gasteiger partial charge in [-0.3, -0.25) is 4.98 Å². The van der Waals surface area contributed by atoms with Crippen molar-refractivity contribution in [1.29, 1.82) is 0 Å². The number of hydrogen-bond acceptors (Lipinski definition) is 1. The molecular weight excluding hydrogens is 332 g/mol. The van der Waals surface area contributed by atoms with Gasteiger partial charge >= 0.3 is 6.18 Å². The van der Waals surface area contributed by atoms with Gasteiger partial charge in [0.25, 0.3) is 6.43 Å². The summed E-state index contributed by atoms with van der Waals surface area (Å²) in [5, 5.41) is 0. The average molecular weight is 337 g/mol. The first kappa shape index (κ1) is 12.6. The van der Waals surface area contributed by atoms with E-state index in [0.29, 0.717) is 6.20 Å². The van der Waals surface area contributed by atoms with Gasteiger partial charge in [0.05, 0.1) is 5.56 Å². The van der Waals surface area contributed by atoms with Crippen LogP contribution in [0.4, 0.5) is 22.0 Å². The minimum atomic E-state index is -4.56. The largest absolute Gasteiger partial charge is 0.418 e. The number of aromatic nitrogens is 1. The molecule has 84 valence electrons. The Morgan fingerprint density at radius 3 is 2.27 bits per heavy atom. The van der Waals surface area contributed by atoms with Gasteiger partial charge in [-0.1, -0.05) is 0 Å². The summed E-state index contributed by atoms with van der Waals surface area (Å²) in [5.41, 5.74) is -1.71. The molecule has 0 aliphatic carbocycles. The van der Waals surface area contributed by atoms with Crippen molar-refractivity contribution < 1.29 is 22.0 Å². The molecule has 0 fully saturated rings. The molecule has 0 N–H and O–H groups in total. The highest BCUT2D eigenvalue weighted by Gasteiger charge is 2.35. The van der Waals surface area contributed by atoms with Crippen LogP contribution in [0.15, 0.2) is 6.20 Å². The number of alkyl halides is 5. The maximum absolute atomic E-state index is 12.3. The van der Waals surface area contributed by atoms with Gasteiger partial charge in [-0.25, -0.2) is 8.78 Å². The van der Waals surface area contributed by atoms with Crippen LogP contribution < -0.4 is 0 Å². The Bertz CT molecular complexity index is 374. The lowest BCUT2D eigenvalue weighted by molar-refractivity contribution is -0.138. The summed E-state index contributed by atoms with van der Waals surface area (Å²) < 4.78 is 61.3. The molecule has 7 heteroatoms. The topological polar surface area (TPSA) is 12.9 Å². The van der Waals surface area contributed by atoms with Crippen molar-refractivity contribution in [3.8, 4) is 0 Å². The molecule has 0 aliphatic heterocycles. The molecule has 0 radical (unpaired) electrons. The second kappa shape index (κ2) is 4.18. The van der Waals surface area contributed by atoms with E-state index in [0.717, 1.165) is 0 Å². The summed E-state index contributed by atoms with van der Waals surface area (Å²) in [4.78, 5) is 3.13. The van der Waals surface area contributed by atoms with Crippen molar-refractivity contribution in [3.63, 3.8) is 0 Å². The fourth-order valence-corrected chi connectivity index (χ4v) is 1.74. The number of nitrogens with zero attached hydrogens (tertiary/aromatic N) is 1. The second-order valence-electron chi connectivity index (χ2n) is 2.79. The zero-order valence-electron chi connectivity index (χ0n) is 7.37. The first-order chi connectivity index (χ1) is 6.75. The number of halogens is 6. The fourth-order valence-electron chi connectivity index (χ4n) is 1.02. The van der Waals surface area contributed by atoms with Crippen molar-refractivity contribution in [2.45, 2.75) is 19.5 Å². The number of pyridine rings is 1. The second-order valence-corrected chi connectivity index (χ2v) is 3.87. The maximum Gasteiger partial charge on any atom is 0.418 e. The van der Waals surface area contributed by atoms with E-state index in [1.165, 1.54) is 29.5 Å². The summed E-state index contributed by atoms with van der Waals surface area (Å²) in [7, 11) is 0. The van der Waals surface area contributed by atoms with Crippen molar-refractivity contribution in [1.82, 2.24) is 4.98 Å². The molecule has 0 bridgehead atoms. The van der Waals surface area contributed by atoms with Gasteiger partial charge in [0, 0.05) is 9.77 Å². The van der Waals surface area contributed by atoms with Gasteiger partial charge in [-0.15, -0.1) is 0 Å². The van der Waals surface area contributed by atoms with Gasteiger partial charge in [0.2, 0.25) is 0 Å². The third-order valence-corrected chi connectivity index (χ3v) is 3.18. The molecule has 0 atom stereocenters. The molecule has 0 aromatic carbocycles. The summed E-state index contributed by atoms with van der Waals surface area (Å²) in [6.07, 6.45) is -6.98. The molecule has 0 saturated heterocycles. The molecule has 1 heterocycles. The van der Waals surface area contributed by atoms with Crippen LogP contribution in [0.1, 0.15) is 23.2 Å². The Labute approximate surface area is 95.8 Å². The lowest BCUT2D eigenvalue weighted by Gasteiger charge is -2.12. The van der Waals surface area contributed by atoms with E-state index < -0.39 is 23.9 Å². The lowest BCUT2D eigenvalue weighted by atomic mass is 10.1. The normalized spacial score (nSPS) is 12.3. The predicted octanol–water partition coefficient (Wildman–Crippen LogP) is 3.95. The minimum absolute atomic E-state index is 0.125. The summed E-state index contributed by atoms with van der Waals surface area (Å²) in [5.74, 6) is 0. The van der Waals surface area contributed by atoms with E-state index >= 15 is 0 Å². The average Bonchev–Trinajstić information content (AvgIpc) is 2.06. The van der Waals surface area contributed by atoms with Crippen LogP contribution in [0.25, 0.3) is 0 Å².